The van der Waals surface area contributed by atoms with Crippen LogP contribution in [0.25, 0.3) is 0 Å². The number of amides is 2. The Bertz CT molecular complexity index is 1450. The number of nitro groups is 1. The van der Waals surface area contributed by atoms with Crippen LogP contribution in [-0.2, 0) is 4.74 Å². The van der Waals surface area contributed by atoms with Crippen LogP contribution < -0.4 is 20.9 Å². The summed E-state index contributed by atoms with van der Waals surface area (Å²) in [5.74, 6) is -0.937. The fraction of sp³-hybridized carbons (Fsp3) is 0.345. The summed E-state index contributed by atoms with van der Waals surface area (Å²) >= 11 is 0. The number of nitrogens with zero attached hydrogens (tertiary/aromatic N) is 4. The van der Waals surface area contributed by atoms with Crippen LogP contribution in [0, 0.1) is 17.0 Å². The molecule has 2 aliphatic rings. The number of nitro benzene ring substituents is 1. The smallest absolute Gasteiger partial charge is 0.282 e. The first-order valence-electron chi connectivity index (χ1n) is 13.5. The third-order valence-electron chi connectivity index (χ3n) is 7.33. The number of ether oxygens (including phenoxy) is 1. The highest BCUT2D eigenvalue weighted by Crippen LogP contribution is 2.28. The summed E-state index contributed by atoms with van der Waals surface area (Å²) < 4.78 is 5.74. The number of pyridine rings is 1. The summed E-state index contributed by atoms with van der Waals surface area (Å²) in [4.78, 5) is 46.3. The number of aryl methyl sites for hydroxylation is 1. The van der Waals surface area contributed by atoms with E-state index >= 15 is 0 Å². The Hall–Kier alpha value is -4.39. The number of anilines is 3. The maximum atomic E-state index is 13.4. The number of hydrogen-bond acceptors (Lipinski definition) is 9. The number of morpholine rings is 1. The van der Waals surface area contributed by atoms with E-state index in [1.165, 1.54) is 6.07 Å². The SMILES string of the molecule is Cc1ccc(NC(=O)c2ccnc(C3CNCCO3)c2)cc1NC(=O)c1cc(N2CCN(C)CC2)ccc1[N+](=O)[O-]. The summed E-state index contributed by atoms with van der Waals surface area (Å²) in [6.45, 7) is 7.03. The highest BCUT2D eigenvalue weighted by atomic mass is 16.6. The Morgan fingerprint density at radius 2 is 1.85 bits per heavy atom. The molecule has 3 N–H and O–H groups in total. The molecule has 1 unspecified atom stereocenters. The van der Waals surface area contributed by atoms with Crippen LogP contribution in [0.4, 0.5) is 22.7 Å². The van der Waals surface area contributed by atoms with Crippen LogP contribution in [0.3, 0.4) is 0 Å². The number of carbonyl (C=O) groups excluding carboxylic acids is 2. The van der Waals surface area contributed by atoms with Crippen molar-refractivity contribution in [1.29, 1.82) is 0 Å². The predicted molar refractivity (Wildman–Crippen MR) is 156 cm³/mol. The fourth-order valence-corrected chi connectivity index (χ4v) is 4.87. The maximum absolute atomic E-state index is 13.4. The second-order valence-electron chi connectivity index (χ2n) is 10.2. The zero-order chi connectivity index (χ0) is 28.9. The summed E-state index contributed by atoms with van der Waals surface area (Å²) in [6.07, 6.45) is 1.35. The molecule has 0 radical (unpaired) electrons. The number of benzene rings is 2. The number of piperazine rings is 1. The van der Waals surface area contributed by atoms with Crippen LogP contribution in [0.5, 0.6) is 0 Å². The zero-order valence-electron chi connectivity index (χ0n) is 23.1. The van der Waals surface area contributed by atoms with Gasteiger partial charge in [-0.15, -0.1) is 0 Å². The normalized spacial score (nSPS) is 17.6. The van der Waals surface area contributed by atoms with Crippen molar-refractivity contribution < 1.29 is 19.2 Å². The van der Waals surface area contributed by atoms with Crippen LogP contribution >= 0.6 is 0 Å². The van der Waals surface area contributed by atoms with E-state index in [0.29, 0.717) is 35.8 Å². The quantitative estimate of drug-likeness (QED) is 0.294. The molecular formula is C29H33N7O5. The van der Waals surface area contributed by atoms with Crippen molar-refractivity contribution in [1.82, 2.24) is 15.2 Å². The van der Waals surface area contributed by atoms with Gasteiger partial charge >= 0.3 is 0 Å². The van der Waals surface area contributed by atoms with Crippen molar-refractivity contribution >= 4 is 34.6 Å². The van der Waals surface area contributed by atoms with Gasteiger partial charge in [0.05, 0.1) is 17.2 Å². The number of aromatic nitrogens is 1. The lowest BCUT2D eigenvalue weighted by Gasteiger charge is -2.34. The molecule has 3 aromatic rings. The van der Waals surface area contributed by atoms with Crippen molar-refractivity contribution in [2.45, 2.75) is 13.0 Å². The molecule has 41 heavy (non-hydrogen) atoms. The Balaban J connectivity index is 1.33. The first kappa shape index (κ1) is 28.1. The van der Waals surface area contributed by atoms with Gasteiger partial charge in [0.2, 0.25) is 0 Å². The van der Waals surface area contributed by atoms with Crippen molar-refractivity contribution in [2.24, 2.45) is 0 Å². The van der Waals surface area contributed by atoms with E-state index in [4.69, 9.17) is 4.74 Å². The van der Waals surface area contributed by atoms with Gasteiger partial charge in [-0.3, -0.25) is 24.7 Å². The molecule has 0 bridgehead atoms. The number of rotatable bonds is 7. The molecule has 2 amide bonds. The molecule has 12 heteroatoms. The van der Waals surface area contributed by atoms with E-state index in [2.05, 4.69) is 30.7 Å². The second kappa shape index (κ2) is 12.4. The molecule has 0 spiro atoms. The molecule has 5 rings (SSSR count). The molecule has 2 aromatic carbocycles. The van der Waals surface area contributed by atoms with Crippen molar-refractivity contribution in [3.8, 4) is 0 Å². The van der Waals surface area contributed by atoms with Gasteiger partial charge in [-0.05, 0) is 55.9 Å². The molecule has 0 aliphatic carbocycles. The van der Waals surface area contributed by atoms with E-state index in [1.807, 2.05) is 14.0 Å². The van der Waals surface area contributed by atoms with Crippen LogP contribution in [0.1, 0.15) is 38.1 Å². The van der Waals surface area contributed by atoms with Crippen molar-refractivity contribution in [3.05, 3.63) is 87.2 Å². The second-order valence-corrected chi connectivity index (χ2v) is 10.2. The van der Waals surface area contributed by atoms with Gasteiger partial charge in [0, 0.05) is 74.2 Å². The lowest BCUT2D eigenvalue weighted by atomic mass is 10.1. The van der Waals surface area contributed by atoms with E-state index < -0.39 is 10.8 Å². The Morgan fingerprint density at radius 1 is 1.05 bits per heavy atom. The Labute approximate surface area is 237 Å². The molecule has 12 nitrogen and oxygen atoms in total. The number of nitrogens with one attached hydrogen (secondary N) is 3. The Morgan fingerprint density at radius 3 is 2.59 bits per heavy atom. The van der Waals surface area contributed by atoms with Crippen LogP contribution in [0.15, 0.2) is 54.7 Å². The zero-order valence-corrected chi connectivity index (χ0v) is 23.1. The topological polar surface area (TPSA) is 142 Å². The van der Waals surface area contributed by atoms with Gasteiger partial charge in [-0.25, -0.2) is 0 Å². The number of hydrogen-bond donors (Lipinski definition) is 3. The maximum Gasteiger partial charge on any atom is 0.282 e. The third-order valence-corrected chi connectivity index (χ3v) is 7.33. The molecule has 2 fully saturated rings. The van der Waals surface area contributed by atoms with Gasteiger partial charge in [0.25, 0.3) is 17.5 Å². The van der Waals surface area contributed by atoms with E-state index in [1.54, 1.807) is 48.7 Å². The molecule has 0 saturated carbocycles. The Kier molecular flexibility index (Phi) is 8.53. The molecule has 2 saturated heterocycles. The molecular weight excluding hydrogens is 526 g/mol. The summed E-state index contributed by atoms with van der Waals surface area (Å²) in [5, 5.41) is 20.7. The first-order valence-corrected chi connectivity index (χ1v) is 13.5. The lowest BCUT2D eigenvalue weighted by molar-refractivity contribution is -0.385. The minimum atomic E-state index is -0.598. The largest absolute Gasteiger partial charge is 0.369 e. The predicted octanol–water partition coefficient (Wildman–Crippen LogP) is 3.22. The average molecular weight is 560 g/mol. The minimum Gasteiger partial charge on any atom is -0.369 e. The molecule has 214 valence electrons. The van der Waals surface area contributed by atoms with Gasteiger partial charge in [-0.2, -0.15) is 0 Å². The van der Waals surface area contributed by atoms with Crippen LogP contribution in [0.2, 0.25) is 0 Å². The van der Waals surface area contributed by atoms with E-state index in [9.17, 15) is 19.7 Å². The standard InChI is InChI=1S/C29H33N7O5/c1-19-3-4-21(32-28(37)20-7-8-31-25(15-20)27-18-30-9-14-41-27)16-24(19)33-29(38)23-17-22(5-6-26(23)36(39)40)35-12-10-34(2)11-13-35/h3-8,15-17,27,30H,9-14,18H2,1-2H3,(H,32,37)(H,33,38). The number of carbonyl (C=O) groups is 2. The van der Waals surface area contributed by atoms with Crippen molar-refractivity contribution in [2.75, 3.05) is 68.5 Å². The minimum absolute atomic E-state index is 0.0241. The summed E-state index contributed by atoms with van der Waals surface area (Å²) in [6, 6.07) is 13.1. The third kappa shape index (κ3) is 6.68. The van der Waals surface area contributed by atoms with Gasteiger partial charge in [0.15, 0.2) is 0 Å². The van der Waals surface area contributed by atoms with E-state index in [-0.39, 0.29) is 23.3 Å². The monoisotopic (exact) mass is 559 g/mol. The van der Waals surface area contributed by atoms with Gasteiger partial charge in [0.1, 0.15) is 11.7 Å². The van der Waals surface area contributed by atoms with E-state index in [0.717, 1.165) is 44.0 Å². The highest BCUT2D eigenvalue weighted by molar-refractivity contribution is 6.09. The van der Waals surface area contributed by atoms with Gasteiger partial charge < -0.3 is 30.5 Å². The van der Waals surface area contributed by atoms with Crippen molar-refractivity contribution in [3.63, 3.8) is 0 Å². The molecule has 1 atom stereocenters. The molecule has 1 aromatic heterocycles. The highest BCUT2D eigenvalue weighted by Gasteiger charge is 2.24. The number of likely N-dealkylation sites (N-methyl/N-ethyl adjacent to an activating group) is 1. The van der Waals surface area contributed by atoms with Gasteiger partial charge in [-0.1, -0.05) is 6.07 Å². The fourth-order valence-electron chi connectivity index (χ4n) is 4.87. The summed E-state index contributed by atoms with van der Waals surface area (Å²) in [5.41, 5.74) is 3.20. The lowest BCUT2D eigenvalue weighted by Crippen LogP contribution is -2.44. The molecule has 3 heterocycles. The average Bonchev–Trinajstić information content (AvgIpc) is 2.99. The van der Waals surface area contributed by atoms with Crippen LogP contribution in [-0.4, -0.2) is 79.5 Å². The summed E-state index contributed by atoms with van der Waals surface area (Å²) in [7, 11) is 2.05. The first-order chi connectivity index (χ1) is 19.8. The molecule has 2 aliphatic heterocycles.